The highest BCUT2D eigenvalue weighted by Gasteiger charge is 2.23. The van der Waals surface area contributed by atoms with Crippen LogP contribution in [0.5, 0.6) is 0 Å². The van der Waals surface area contributed by atoms with Crippen molar-refractivity contribution in [1.82, 2.24) is 0 Å². The van der Waals surface area contributed by atoms with Gasteiger partial charge in [-0.1, -0.05) is 0 Å². The summed E-state index contributed by atoms with van der Waals surface area (Å²) in [4.78, 5) is 11.9. The van der Waals surface area contributed by atoms with E-state index in [0.29, 0.717) is 31.2 Å². The summed E-state index contributed by atoms with van der Waals surface area (Å²) in [6, 6.07) is 6.65. The van der Waals surface area contributed by atoms with Crippen LogP contribution in [-0.2, 0) is 4.74 Å². The Morgan fingerprint density at radius 3 is 2.43 bits per heavy atom. The average Bonchev–Trinajstić information content (AvgIpc) is 2.49. The van der Waals surface area contributed by atoms with Crippen LogP contribution < -0.4 is 0 Å². The third kappa shape index (κ3) is 4.38. The normalized spacial score (nSPS) is 22.4. The molecule has 0 saturated heterocycles. The van der Waals surface area contributed by atoms with Crippen molar-refractivity contribution < 1.29 is 18.3 Å². The van der Waals surface area contributed by atoms with Crippen LogP contribution in [0.1, 0.15) is 36.0 Å². The number of rotatable bonds is 3. The number of benzene rings is 1. The minimum Gasteiger partial charge on any atom is -0.459 e. The zero-order chi connectivity index (χ0) is 15.2. The second kappa shape index (κ2) is 6.98. The molecule has 1 aromatic rings. The molecule has 1 aliphatic rings. The minimum atomic E-state index is -0.762. The van der Waals surface area contributed by atoms with E-state index in [1.165, 1.54) is 36.4 Å². The number of hydrogen-bond acceptors (Lipinski definition) is 3. The largest absolute Gasteiger partial charge is 0.459 e. The van der Waals surface area contributed by atoms with Gasteiger partial charge >= 0.3 is 5.97 Å². The molecule has 1 saturated carbocycles. The third-order valence-electron chi connectivity index (χ3n) is 3.56. The molecule has 0 heterocycles. The van der Waals surface area contributed by atoms with Crippen molar-refractivity contribution in [2.75, 3.05) is 0 Å². The molecule has 110 valence electrons. The molecule has 1 aromatic carbocycles. The van der Waals surface area contributed by atoms with Crippen LogP contribution in [0.4, 0.5) is 8.78 Å². The van der Waals surface area contributed by atoms with Crippen molar-refractivity contribution in [2.24, 2.45) is 5.92 Å². The van der Waals surface area contributed by atoms with Gasteiger partial charge in [-0.25, -0.2) is 9.18 Å². The number of nitriles is 1. The van der Waals surface area contributed by atoms with E-state index in [9.17, 15) is 13.6 Å². The predicted octanol–water partition coefficient (Wildman–Crippen LogP) is 3.92. The summed E-state index contributed by atoms with van der Waals surface area (Å²) in [7, 11) is 0. The van der Waals surface area contributed by atoms with Gasteiger partial charge in [-0.3, -0.25) is 0 Å². The Balaban J connectivity index is 1.85. The van der Waals surface area contributed by atoms with Crippen LogP contribution in [0.3, 0.4) is 0 Å². The molecule has 5 heteroatoms. The Labute approximate surface area is 121 Å². The fraction of sp³-hybridized carbons (Fsp3) is 0.375. The Bertz CT molecular complexity index is 567. The first-order valence-electron chi connectivity index (χ1n) is 6.82. The maximum Gasteiger partial charge on any atom is 0.338 e. The van der Waals surface area contributed by atoms with E-state index in [-0.39, 0.29) is 12.0 Å². The SMILES string of the molecule is N#C/C(F)=C\C1CCC(OC(=O)c2ccc(F)cc2)CC1. The van der Waals surface area contributed by atoms with Gasteiger partial charge in [-0.2, -0.15) is 9.65 Å². The van der Waals surface area contributed by atoms with Crippen molar-refractivity contribution in [2.45, 2.75) is 31.8 Å². The summed E-state index contributed by atoms with van der Waals surface area (Å²) in [6.45, 7) is 0. The Morgan fingerprint density at radius 1 is 1.24 bits per heavy atom. The quantitative estimate of drug-likeness (QED) is 0.626. The van der Waals surface area contributed by atoms with E-state index in [1.54, 1.807) is 0 Å². The summed E-state index contributed by atoms with van der Waals surface area (Å²) in [6.07, 6.45) is 3.74. The zero-order valence-electron chi connectivity index (χ0n) is 11.4. The molecule has 0 spiro atoms. The van der Waals surface area contributed by atoms with Crippen LogP contribution in [-0.4, -0.2) is 12.1 Å². The molecule has 1 aliphatic carbocycles. The number of carbonyl (C=O) groups excluding carboxylic acids is 1. The van der Waals surface area contributed by atoms with Gasteiger partial charge in [0.2, 0.25) is 0 Å². The lowest BCUT2D eigenvalue weighted by molar-refractivity contribution is 0.0184. The molecule has 0 N–H and O–H groups in total. The maximum absolute atomic E-state index is 12.9. The first-order valence-corrected chi connectivity index (χ1v) is 6.82. The number of halogens is 2. The van der Waals surface area contributed by atoms with E-state index in [4.69, 9.17) is 10.00 Å². The van der Waals surface area contributed by atoms with E-state index >= 15 is 0 Å². The molecule has 2 rings (SSSR count). The van der Waals surface area contributed by atoms with Gasteiger partial charge in [0.05, 0.1) is 5.56 Å². The van der Waals surface area contributed by atoms with Crippen molar-refractivity contribution >= 4 is 5.97 Å². The minimum absolute atomic E-state index is 0.0189. The standard InChI is InChI=1S/C16H15F2NO2/c17-13-5-3-12(4-6-13)16(20)21-15-7-1-11(2-8-15)9-14(18)10-19/h3-6,9,11,15H,1-2,7-8H2/b14-9+. The van der Waals surface area contributed by atoms with Gasteiger partial charge in [0.1, 0.15) is 18.0 Å². The molecule has 0 bridgehead atoms. The number of carbonyl (C=O) groups is 1. The molecule has 0 amide bonds. The molecule has 0 aliphatic heterocycles. The number of ether oxygens (including phenoxy) is 1. The Kier molecular flexibility index (Phi) is 5.04. The number of allylic oxidation sites excluding steroid dienone is 2. The molecule has 0 radical (unpaired) electrons. The summed E-state index contributed by atoms with van der Waals surface area (Å²) < 4.78 is 31.0. The van der Waals surface area contributed by atoms with E-state index in [2.05, 4.69) is 0 Å². The maximum atomic E-state index is 12.9. The summed E-state index contributed by atoms with van der Waals surface area (Å²) in [5, 5.41) is 8.39. The summed E-state index contributed by atoms with van der Waals surface area (Å²) in [5.74, 6) is -1.62. The second-order valence-electron chi connectivity index (χ2n) is 5.08. The number of esters is 1. The molecule has 1 fully saturated rings. The number of nitrogens with zero attached hydrogens (tertiary/aromatic N) is 1. The fourth-order valence-corrected chi connectivity index (χ4v) is 2.42. The monoisotopic (exact) mass is 291 g/mol. The van der Waals surface area contributed by atoms with Gasteiger partial charge in [0, 0.05) is 0 Å². The lowest BCUT2D eigenvalue weighted by Gasteiger charge is -2.26. The van der Waals surface area contributed by atoms with Crippen LogP contribution in [0, 0.1) is 23.1 Å². The smallest absolute Gasteiger partial charge is 0.338 e. The molecule has 0 unspecified atom stereocenters. The van der Waals surface area contributed by atoms with Crippen LogP contribution in [0.2, 0.25) is 0 Å². The van der Waals surface area contributed by atoms with Gasteiger partial charge in [-0.05, 0) is 61.9 Å². The van der Waals surface area contributed by atoms with E-state index in [1.807, 2.05) is 0 Å². The van der Waals surface area contributed by atoms with E-state index < -0.39 is 17.6 Å². The molecule has 0 aromatic heterocycles. The van der Waals surface area contributed by atoms with E-state index in [0.717, 1.165) is 0 Å². The third-order valence-corrected chi connectivity index (χ3v) is 3.56. The van der Waals surface area contributed by atoms with Crippen molar-refractivity contribution in [3.63, 3.8) is 0 Å². The molecule has 0 atom stereocenters. The molecular weight excluding hydrogens is 276 g/mol. The molecule has 3 nitrogen and oxygen atoms in total. The Morgan fingerprint density at radius 2 is 1.86 bits per heavy atom. The predicted molar refractivity (Wildman–Crippen MR) is 72.4 cm³/mol. The lowest BCUT2D eigenvalue weighted by atomic mass is 9.87. The van der Waals surface area contributed by atoms with Gasteiger partial charge in [0.15, 0.2) is 5.83 Å². The highest BCUT2D eigenvalue weighted by molar-refractivity contribution is 5.89. The first-order chi connectivity index (χ1) is 10.1. The van der Waals surface area contributed by atoms with Crippen LogP contribution >= 0.6 is 0 Å². The van der Waals surface area contributed by atoms with Crippen molar-refractivity contribution in [1.29, 1.82) is 5.26 Å². The first kappa shape index (κ1) is 15.2. The average molecular weight is 291 g/mol. The topological polar surface area (TPSA) is 50.1 Å². The van der Waals surface area contributed by atoms with Crippen LogP contribution in [0.25, 0.3) is 0 Å². The van der Waals surface area contributed by atoms with Gasteiger partial charge < -0.3 is 4.74 Å². The highest BCUT2D eigenvalue weighted by atomic mass is 19.1. The number of hydrogen-bond donors (Lipinski definition) is 0. The van der Waals surface area contributed by atoms with Crippen molar-refractivity contribution in [3.8, 4) is 6.07 Å². The van der Waals surface area contributed by atoms with Crippen LogP contribution in [0.15, 0.2) is 36.2 Å². The summed E-state index contributed by atoms with van der Waals surface area (Å²) >= 11 is 0. The Hall–Kier alpha value is -2.22. The molecule has 21 heavy (non-hydrogen) atoms. The summed E-state index contributed by atoms with van der Waals surface area (Å²) in [5.41, 5.74) is 0.314. The fourth-order valence-electron chi connectivity index (χ4n) is 2.42. The van der Waals surface area contributed by atoms with Crippen molar-refractivity contribution in [3.05, 3.63) is 47.5 Å². The van der Waals surface area contributed by atoms with Gasteiger partial charge in [-0.15, -0.1) is 0 Å². The lowest BCUT2D eigenvalue weighted by Crippen LogP contribution is -2.24. The zero-order valence-corrected chi connectivity index (χ0v) is 11.4. The van der Waals surface area contributed by atoms with Gasteiger partial charge in [0.25, 0.3) is 0 Å². The molecular formula is C16H15F2NO2. The highest BCUT2D eigenvalue weighted by Crippen LogP contribution is 2.28. The second-order valence-corrected chi connectivity index (χ2v) is 5.08.